The Kier molecular flexibility index (Phi) is 4.98. The Hall–Kier alpha value is -2.24. The lowest BCUT2D eigenvalue weighted by Crippen LogP contribution is -2.19. The molecule has 96 valence electrons. The van der Waals surface area contributed by atoms with Crippen molar-refractivity contribution in [3.05, 3.63) is 30.1 Å². The molecule has 0 spiro atoms. The van der Waals surface area contributed by atoms with Crippen LogP contribution >= 0.6 is 0 Å². The van der Waals surface area contributed by atoms with Gasteiger partial charge in [-0.05, 0) is 31.2 Å². The fourth-order valence-electron chi connectivity index (χ4n) is 1.18. The number of hydrogen-bond acceptors (Lipinski definition) is 3. The number of hydrazone groups is 1. The van der Waals surface area contributed by atoms with E-state index in [0.29, 0.717) is 11.4 Å². The van der Waals surface area contributed by atoms with Crippen molar-refractivity contribution in [3.63, 3.8) is 0 Å². The van der Waals surface area contributed by atoms with Crippen molar-refractivity contribution in [2.75, 3.05) is 5.32 Å². The zero-order valence-electron chi connectivity index (χ0n) is 10.2. The fourth-order valence-corrected chi connectivity index (χ4v) is 1.18. The summed E-state index contributed by atoms with van der Waals surface area (Å²) < 4.78 is 12.6. The fraction of sp³-hybridized carbons (Fsp3) is 0.250. The molecule has 2 N–H and O–H groups in total. The summed E-state index contributed by atoms with van der Waals surface area (Å²) in [5.74, 6) is -0.946. The highest BCUT2D eigenvalue weighted by Crippen LogP contribution is 2.08. The molecule has 0 saturated heterocycles. The van der Waals surface area contributed by atoms with Gasteiger partial charge < -0.3 is 5.32 Å². The predicted octanol–water partition coefficient (Wildman–Crippen LogP) is 1.67. The normalized spacial score (nSPS) is 10.9. The van der Waals surface area contributed by atoms with Gasteiger partial charge in [0.05, 0.1) is 6.42 Å². The van der Waals surface area contributed by atoms with Crippen LogP contribution in [0.3, 0.4) is 0 Å². The zero-order chi connectivity index (χ0) is 13.5. The van der Waals surface area contributed by atoms with Crippen molar-refractivity contribution in [2.24, 2.45) is 5.10 Å². The largest absolute Gasteiger partial charge is 0.326 e. The Bertz CT molecular complexity index is 469. The molecule has 1 aromatic rings. The predicted molar refractivity (Wildman–Crippen MR) is 66.6 cm³/mol. The van der Waals surface area contributed by atoms with E-state index in [4.69, 9.17) is 0 Å². The van der Waals surface area contributed by atoms with Crippen LogP contribution in [-0.2, 0) is 9.59 Å². The van der Waals surface area contributed by atoms with E-state index in [9.17, 15) is 14.0 Å². The van der Waals surface area contributed by atoms with Gasteiger partial charge in [-0.25, -0.2) is 9.82 Å². The summed E-state index contributed by atoms with van der Waals surface area (Å²) in [5, 5.41) is 6.30. The Balaban J connectivity index is 2.49. The standard InChI is InChI=1S/C12H14FN3O2/c1-8(15-16-9(2)17)7-12(18)14-11-5-3-10(13)4-6-11/h3-6H,7H2,1-2H3,(H,14,18)(H,16,17)/b15-8-. The summed E-state index contributed by atoms with van der Waals surface area (Å²) >= 11 is 0. The lowest BCUT2D eigenvalue weighted by molar-refractivity contribution is -0.119. The number of carbonyl (C=O) groups excluding carboxylic acids is 2. The highest BCUT2D eigenvalue weighted by molar-refractivity contribution is 6.05. The maximum Gasteiger partial charge on any atom is 0.236 e. The van der Waals surface area contributed by atoms with Gasteiger partial charge in [0, 0.05) is 18.3 Å². The van der Waals surface area contributed by atoms with Gasteiger partial charge >= 0.3 is 0 Å². The second-order valence-electron chi connectivity index (χ2n) is 3.75. The summed E-state index contributed by atoms with van der Waals surface area (Å²) in [5.41, 5.74) is 3.23. The number of nitrogens with one attached hydrogen (secondary N) is 2. The number of anilines is 1. The molecule has 0 fully saturated rings. The van der Waals surface area contributed by atoms with Crippen molar-refractivity contribution in [1.29, 1.82) is 0 Å². The van der Waals surface area contributed by atoms with Crippen molar-refractivity contribution >= 4 is 23.2 Å². The van der Waals surface area contributed by atoms with Gasteiger partial charge in [-0.15, -0.1) is 0 Å². The average molecular weight is 251 g/mol. The Morgan fingerprint density at radius 3 is 2.39 bits per heavy atom. The molecule has 0 aliphatic heterocycles. The van der Waals surface area contributed by atoms with Gasteiger partial charge in [0.25, 0.3) is 0 Å². The molecule has 5 nitrogen and oxygen atoms in total. The average Bonchev–Trinajstić information content (AvgIpc) is 2.29. The van der Waals surface area contributed by atoms with E-state index >= 15 is 0 Å². The second-order valence-corrected chi connectivity index (χ2v) is 3.75. The molecule has 0 unspecified atom stereocenters. The van der Waals surface area contributed by atoms with Gasteiger partial charge in [-0.3, -0.25) is 9.59 Å². The van der Waals surface area contributed by atoms with Gasteiger partial charge in [0.15, 0.2) is 0 Å². The van der Waals surface area contributed by atoms with E-state index in [2.05, 4.69) is 15.8 Å². The van der Waals surface area contributed by atoms with Crippen molar-refractivity contribution in [1.82, 2.24) is 5.43 Å². The van der Waals surface area contributed by atoms with Crippen LogP contribution in [0.15, 0.2) is 29.4 Å². The molecule has 1 aromatic carbocycles. The molecule has 0 radical (unpaired) electrons. The number of nitrogens with zero attached hydrogens (tertiary/aromatic N) is 1. The second kappa shape index (κ2) is 6.48. The first-order valence-corrected chi connectivity index (χ1v) is 5.32. The smallest absolute Gasteiger partial charge is 0.236 e. The van der Waals surface area contributed by atoms with E-state index in [0.717, 1.165) is 0 Å². The SMILES string of the molecule is CC(=O)N/N=C(/C)CC(=O)Nc1ccc(F)cc1. The minimum Gasteiger partial charge on any atom is -0.326 e. The molecule has 2 amide bonds. The molecule has 0 atom stereocenters. The van der Waals surface area contributed by atoms with Crippen molar-refractivity contribution in [3.8, 4) is 0 Å². The number of rotatable bonds is 4. The Labute approximate surface area is 104 Å². The maximum absolute atomic E-state index is 12.6. The summed E-state index contributed by atoms with van der Waals surface area (Å²) in [6, 6.07) is 5.45. The summed E-state index contributed by atoms with van der Waals surface area (Å²) in [6.07, 6.45) is 0.0532. The highest BCUT2D eigenvalue weighted by atomic mass is 19.1. The zero-order valence-corrected chi connectivity index (χ0v) is 10.2. The van der Waals surface area contributed by atoms with Crippen molar-refractivity contribution in [2.45, 2.75) is 20.3 Å². The van der Waals surface area contributed by atoms with E-state index in [-0.39, 0.29) is 24.1 Å². The molecule has 18 heavy (non-hydrogen) atoms. The number of halogens is 1. The number of carbonyl (C=O) groups is 2. The van der Waals surface area contributed by atoms with E-state index < -0.39 is 0 Å². The molecule has 0 saturated carbocycles. The van der Waals surface area contributed by atoms with Gasteiger partial charge in [0.1, 0.15) is 5.82 Å². The van der Waals surface area contributed by atoms with Crippen LogP contribution in [0.1, 0.15) is 20.3 Å². The van der Waals surface area contributed by atoms with Crippen LogP contribution in [0.4, 0.5) is 10.1 Å². The topological polar surface area (TPSA) is 70.6 Å². The van der Waals surface area contributed by atoms with E-state index in [1.165, 1.54) is 31.2 Å². The first kappa shape index (κ1) is 13.8. The molecule has 6 heteroatoms. The van der Waals surface area contributed by atoms with Crippen molar-refractivity contribution < 1.29 is 14.0 Å². The van der Waals surface area contributed by atoms with Crippen LogP contribution in [0, 0.1) is 5.82 Å². The summed E-state index contributed by atoms with van der Waals surface area (Å²) in [4.78, 5) is 22.2. The number of amides is 2. The van der Waals surface area contributed by atoms with E-state index in [1.54, 1.807) is 6.92 Å². The molecule has 1 rings (SSSR count). The first-order valence-electron chi connectivity index (χ1n) is 5.32. The minimum atomic E-state index is -0.364. The van der Waals surface area contributed by atoms with Gasteiger partial charge in [-0.1, -0.05) is 0 Å². The van der Waals surface area contributed by atoms with E-state index in [1.807, 2.05) is 0 Å². The molecule has 0 heterocycles. The van der Waals surface area contributed by atoms with Crippen LogP contribution in [-0.4, -0.2) is 17.5 Å². The third kappa shape index (κ3) is 5.20. The third-order valence-corrected chi connectivity index (χ3v) is 1.95. The van der Waals surface area contributed by atoms with Crippen LogP contribution < -0.4 is 10.7 Å². The third-order valence-electron chi connectivity index (χ3n) is 1.95. The molecule has 0 aliphatic carbocycles. The molecule has 0 bridgehead atoms. The first-order chi connectivity index (χ1) is 8.47. The monoisotopic (exact) mass is 251 g/mol. The van der Waals surface area contributed by atoms with Gasteiger partial charge in [-0.2, -0.15) is 5.10 Å². The number of hydrogen-bond donors (Lipinski definition) is 2. The summed E-state index contributed by atoms with van der Waals surface area (Å²) in [6.45, 7) is 2.95. The maximum atomic E-state index is 12.6. The lowest BCUT2D eigenvalue weighted by atomic mass is 10.2. The molecular weight excluding hydrogens is 237 g/mol. The molecule has 0 aromatic heterocycles. The minimum absolute atomic E-state index is 0.0532. The van der Waals surface area contributed by atoms with Crippen LogP contribution in [0.2, 0.25) is 0 Å². The van der Waals surface area contributed by atoms with Gasteiger partial charge in [0.2, 0.25) is 11.8 Å². The van der Waals surface area contributed by atoms with Crippen LogP contribution in [0.5, 0.6) is 0 Å². The van der Waals surface area contributed by atoms with Crippen LogP contribution in [0.25, 0.3) is 0 Å². The summed E-state index contributed by atoms with van der Waals surface area (Å²) in [7, 11) is 0. The molecule has 0 aliphatic rings. The molecular formula is C12H14FN3O2. The Morgan fingerprint density at radius 2 is 1.83 bits per heavy atom. The number of benzene rings is 1. The quantitative estimate of drug-likeness (QED) is 0.631. The highest BCUT2D eigenvalue weighted by Gasteiger charge is 2.04. The lowest BCUT2D eigenvalue weighted by Gasteiger charge is -2.04. The Morgan fingerprint density at radius 1 is 1.22 bits per heavy atom.